The lowest BCUT2D eigenvalue weighted by Gasteiger charge is -2.26. The molecule has 0 aliphatic carbocycles. The molecule has 7 nitrogen and oxygen atoms in total. The molecule has 7 heteroatoms. The average molecular weight is 415 g/mol. The van der Waals surface area contributed by atoms with E-state index in [1.807, 2.05) is 12.1 Å². The summed E-state index contributed by atoms with van der Waals surface area (Å²) in [5.41, 5.74) is 6.67. The molecular weight excluding hydrogens is 380 g/mol. The molecule has 0 spiro atoms. The summed E-state index contributed by atoms with van der Waals surface area (Å²) in [7, 11) is 0. The van der Waals surface area contributed by atoms with Gasteiger partial charge < -0.3 is 21.1 Å². The van der Waals surface area contributed by atoms with Crippen LogP contribution in [0.15, 0.2) is 33.9 Å². The van der Waals surface area contributed by atoms with Gasteiger partial charge in [-0.1, -0.05) is 18.6 Å². The maximum atomic E-state index is 11.8. The van der Waals surface area contributed by atoms with E-state index in [1.54, 1.807) is 0 Å². The summed E-state index contributed by atoms with van der Waals surface area (Å²) in [6.07, 6.45) is 6.43. The Morgan fingerprint density at radius 2 is 1.63 bits per heavy atom. The molecule has 164 valence electrons. The molecule has 0 unspecified atom stereocenters. The van der Waals surface area contributed by atoms with Gasteiger partial charge in [0.25, 0.3) is 10.9 Å². The van der Waals surface area contributed by atoms with Gasteiger partial charge in [-0.05, 0) is 69.4 Å². The second kappa shape index (κ2) is 11.7. The van der Waals surface area contributed by atoms with Gasteiger partial charge in [-0.2, -0.15) is 0 Å². The summed E-state index contributed by atoms with van der Waals surface area (Å²) < 4.78 is 5.88. The van der Waals surface area contributed by atoms with Crippen LogP contribution in [-0.4, -0.2) is 44.2 Å². The van der Waals surface area contributed by atoms with Crippen molar-refractivity contribution in [3.63, 3.8) is 0 Å². The van der Waals surface area contributed by atoms with Crippen molar-refractivity contribution in [1.29, 1.82) is 0 Å². The lowest BCUT2D eigenvalue weighted by atomic mass is 10.1. The topological polar surface area (TPSA) is 96.7 Å². The van der Waals surface area contributed by atoms with E-state index in [-0.39, 0.29) is 0 Å². The number of likely N-dealkylation sites (tertiary alicyclic amines) is 1. The molecule has 4 N–H and O–H groups in total. The number of unbranched alkanes of at least 4 members (excludes halogenated alkanes) is 1. The smallest absolute Gasteiger partial charge is 0.253 e. The van der Waals surface area contributed by atoms with E-state index in [4.69, 9.17) is 10.5 Å². The van der Waals surface area contributed by atoms with Crippen LogP contribution >= 0.6 is 0 Å². The standard InChI is InChI=1S/C23H34N4O3/c24-10-2-3-11-25-20-21(23(29)22(20)28)26-12-7-15-30-19-9-6-8-18(16-19)17-27-13-4-1-5-14-27/h6,8-9,16,25-26H,1-5,7,10-15,17,24H2. The largest absolute Gasteiger partial charge is 0.494 e. The Bertz CT molecular complexity index is 854. The van der Waals surface area contributed by atoms with E-state index in [0.717, 1.165) is 31.6 Å². The zero-order valence-corrected chi connectivity index (χ0v) is 17.8. The molecule has 0 atom stereocenters. The first-order chi connectivity index (χ1) is 14.7. The summed E-state index contributed by atoms with van der Waals surface area (Å²) in [5, 5.41) is 6.12. The Morgan fingerprint density at radius 1 is 0.933 bits per heavy atom. The lowest BCUT2D eigenvalue weighted by molar-refractivity contribution is 0.220. The maximum Gasteiger partial charge on any atom is 0.253 e. The van der Waals surface area contributed by atoms with Gasteiger partial charge in [-0.25, -0.2) is 0 Å². The fourth-order valence-electron chi connectivity index (χ4n) is 3.80. The molecule has 1 heterocycles. The first-order valence-electron chi connectivity index (χ1n) is 11.1. The van der Waals surface area contributed by atoms with Crippen LogP contribution < -0.4 is 32.0 Å². The molecule has 0 radical (unpaired) electrons. The Labute approximate surface area is 178 Å². The van der Waals surface area contributed by atoms with E-state index >= 15 is 0 Å². The molecule has 3 rings (SSSR count). The molecule has 0 saturated carbocycles. The number of piperidine rings is 1. The number of anilines is 2. The fourth-order valence-corrected chi connectivity index (χ4v) is 3.80. The summed E-state index contributed by atoms with van der Waals surface area (Å²) >= 11 is 0. The molecule has 0 amide bonds. The minimum absolute atomic E-state index is 0.399. The molecule has 2 aromatic carbocycles. The number of ether oxygens (including phenoxy) is 1. The first-order valence-corrected chi connectivity index (χ1v) is 11.1. The summed E-state index contributed by atoms with van der Waals surface area (Å²) in [5.74, 6) is 0.876. The molecule has 1 aliphatic rings. The predicted molar refractivity (Wildman–Crippen MR) is 122 cm³/mol. The van der Waals surface area contributed by atoms with Gasteiger partial charge in [0.1, 0.15) is 17.1 Å². The number of nitrogens with zero attached hydrogens (tertiary/aromatic N) is 1. The highest BCUT2D eigenvalue weighted by Crippen LogP contribution is 2.18. The van der Waals surface area contributed by atoms with Gasteiger partial charge >= 0.3 is 0 Å². The van der Waals surface area contributed by atoms with E-state index in [2.05, 4.69) is 27.7 Å². The molecule has 30 heavy (non-hydrogen) atoms. The van der Waals surface area contributed by atoms with Crippen LogP contribution in [0.2, 0.25) is 0 Å². The molecule has 0 bridgehead atoms. The molecule has 0 aromatic heterocycles. The van der Waals surface area contributed by atoms with Crippen molar-refractivity contribution >= 4 is 11.4 Å². The lowest BCUT2D eigenvalue weighted by Crippen LogP contribution is -2.37. The third-order valence-electron chi connectivity index (χ3n) is 5.49. The number of hydrogen-bond acceptors (Lipinski definition) is 7. The van der Waals surface area contributed by atoms with Gasteiger partial charge in [0.05, 0.1) is 6.61 Å². The summed E-state index contributed by atoms with van der Waals surface area (Å²) in [6, 6.07) is 8.28. The minimum atomic E-state index is -0.442. The third kappa shape index (κ3) is 6.31. The Kier molecular flexibility index (Phi) is 8.71. The van der Waals surface area contributed by atoms with Crippen molar-refractivity contribution in [3.05, 3.63) is 50.3 Å². The SMILES string of the molecule is NCCCCNc1c(NCCCOc2cccc(CN3CCCCC3)c2)c(=O)c1=O. The van der Waals surface area contributed by atoms with Crippen molar-refractivity contribution in [2.24, 2.45) is 5.73 Å². The summed E-state index contributed by atoms with van der Waals surface area (Å²) in [4.78, 5) is 26.0. The van der Waals surface area contributed by atoms with Crippen LogP contribution in [0.1, 0.15) is 44.1 Å². The highest BCUT2D eigenvalue weighted by Gasteiger charge is 2.19. The molecular formula is C23H34N4O3. The highest BCUT2D eigenvalue weighted by atomic mass is 16.5. The van der Waals surface area contributed by atoms with Crippen molar-refractivity contribution in [2.75, 3.05) is 50.0 Å². The molecule has 1 saturated heterocycles. The van der Waals surface area contributed by atoms with E-state index in [0.29, 0.717) is 37.6 Å². The number of rotatable bonds is 13. The van der Waals surface area contributed by atoms with Gasteiger partial charge in [0.15, 0.2) is 0 Å². The van der Waals surface area contributed by atoms with E-state index < -0.39 is 10.9 Å². The van der Waals surface area contributed by atoms with Crippen molar-refractivity contribution in [1.82, 2.24) is 4.90 Å². The fraction of sp³-hybridized carbons (Fsp3) is 0.565. The van der Waals surface area contributed by atoms with Gasteiger partial charge in [0, 0.05) is 19.6 Å². The van der Waals surface area contributed by atoms with Crippen LogP contribution in [0.3, 0.4) is 0 Å². The molecule has 1 fully saturated rings. The first kappa shape index (κ1) is 22.3. The van der Waals surface area contributed by atoms with Gasteiger partial charge in [-0.15, -0.1) is 0 Å². The van der Waals surface area contributed by atoms with E-state index in [9.17, 15) is 9.59 Å². The van der Waals surface area contributed by atoms with Crippen LogP contribution in [0.5, 0.6) is 5.75 Å². The van der Waals surface area contributed by atoms with Crippen molar-refractivity contribution in [2.45, 2.75) is 45.1 Å². The maximum absolute atomic E-state index is 11.8. The normalized spacial score (nSPS) is 14.7. The average Bonchev–Trinajstić information content (AvgIpc) is 2.77. The monoisotopic (exact) mass is 414 g/mol. The molecule has 1 aliphatic heterocycles. The van der Waals surface area contributed by atoms with Gasteiger partial charge in [0.2, 0.25) is 0 Å². The second-order valence-electron chi connectivity index (χ2n) is 7.94. The highest BCUT2D eigenvalue weighted by molar-refractivity contribution is 5.73. The second-order valence-corrected chi connectivity index (χ2v) is 7.94. The van der Waals surface area contributed by atoms with Gasteiger partial charge in [-0.3, -0.25) is 14.5 Å². The predicted octanol–water partition coefficient (Wildman–Crippen LogP) is 2.30. The van der Waals surface area contributed by atoms with Crippen LogP contribution in [-0.2, 0) is 6.54 Å². The van der Waals surface area contributed by atoms with Crippen LogP contribution in [0.4, 0.5) is 11.4 Å². The zero-order valence-electron chi connectivity index (χ0n) is 17.8. The Balaban J connectivity index is 1.37. The third-order valence-corrected chi connectivity index (χ3v) is 5.49. The minimum Gasteiger partial charge on any atom is -0.494 e. The zero-order chi connectivity index (χ0) is 21.2. The van der Waals surface area contributed by atoms with E-state index in [1.165, 1.54) is 37.9 Å². The van der Waals surface area contributed by atoms with Crippen molar-refractivity contribution in [3.8, 4) is 5.75 Å². The number of nitrogens with two attached hydrogens (primary N) is 1. The Morgan fingerprint density at radius 3 is 2.33 bits per heavy atom. The number of benzene rings is 1. The van der Waals surface area contributed by atoms with Crippen LogP contribution in [0, 0.1) is 0 Å². The summed E-state index contributed by atoms with van der Waals surface area (Å²) in [6.45, 7) is 5.73. The number of hydrogen-bond donors (Lipinski definition) is 3. The number of nitrogens with one attached hydrogen (secondary N) is 2. The molecule has 2 aromatic rings. The van der Waals surface area contributed by atoms with Crippen molar-refractivity contribution < 1.29 is 4.74 Å². The quantitative estimate of drug-likeness (QED) is 0.342. The van der Waals surface area contributed by atoms with Crippen LogP contribution in [0.25, 0.3) is 0 Å². The Hall–Kier alpha value is -2.38.